The van der Waals surface area contributed by atoms with E-state index in [2.05, 4.69) is 48.8 Å². The average molecular weight is 338 g/mol. The van der Waals surface area contributed by atoms with Crippen LogP contribution in [0.15, 0.2) is 29.1 Å². The first-order valence-corrected chi connectivity index (χ1v) is 8.00. The van der Waals surface area contributed by atoms with Crippen molar-refractivity contribution in [2.24, 2.45) is 0 Å². The summed E-state index contributed by atoms with van der Waals surface area (Å²) in [5.74, 6) is 0. The van der Waals surface area contributed by atoms with Crippen LogP contribution in [0.4, 0.5) is 5.69 Å². The third-order valence-electron chi connectivity index (χ3n) is 4.56. The smallest absolute Gasteiger partial charge is 0.270 e. The van der Waals surface area contributed by atoms with Crippen LogP contribution in [0.3, 0.4) is 0 Å². The normalized spacial score (nSPS) is 15.5. The van der Waals surface area contributed by atoms with Gasteiger partial charge in [-0.15, -0.1) is 0 Å². The third kappa shape index (κ3) is 2.47. The zero-order valence-corrected chi connectivity index (χ0v) is 14.8. The molecule has 0 atom stereocenters. The molecule has 2 aromatic rings. The molecule has 0 fully saturated rings. The topological polar surface area (TPSA) is 75.7 Å². The Morgan fingerprint density at radius 1 is 1.29 bits per heavy atom. The van der Waals surface area contributed by atoms with Gasteiger partial charge in [-0.2, -0.15) is 5.26 Å². The minimum Gasteiger partial charge on any atom is -0.366 e. The number of aromatic amines is 2. The zero-order valence-electron chi connectivity index (χ0n) is 14.0. The number of nitrogens with zero attached hydrogens (tertiary/aromatic N) is 2. The number of likely N-dealkylation sites (N-methyl/N-ethyl adjacent to an activating group) is 1. The number of hydrogen-bond donors (Lipinski definition) is 2. The van der Waals surface area contributed by atoms with E-state index in [1.54, 1.807) is 0 Å². The lowest BCUT2D eigenvalue weighted by molar-refractivity contribution is 0.598. The minimum absolute atomic E-state index is 0.0367. The molecule has 0 bridgehead atoms. The third-order valence-corrected chi connectivity index (χ3v) is 4.76. The Morgan fingerprint density at radius 3 is 2.67 bits per heavy atom. The molecule has 1 aliphatic rings. The molecular weight excluding hydrogens is 320 g/mol. The molecule has 0 saturated heterocycles. The molecule has 1 aromatic carbocycles. The Bertz CT molecular complexity index is 1020. The molecule has 1 aliphatic heterocycles. The number of allylic oxidation sites excluding steroid dienone is 1. The summed E-state index contributed by atoms with van der Waals surface area (Å²) in [6, 6.07) is 7.87. The highest BCUT2D eigenvalue weighted by Crippen LogP contribution is 2.39. The van der Waals surface area contributed by atoms with Crippen molar-refractivity contribution < 1.29 is 0 Å². The van der Waals surface area contributed by atoms with Gasteiger partial charge >= 0.3 is 0 Å². The van der Waals surface area contributed by atoms with Crippen molar-refractivity contribution in [3.63, 3.8) is 0 Å². The van der Waals surface area contributed by atoms with E-state index in [0.29, 0.717) is 5.69 Å². The molecule has 6 heteroatoms. The number of rotatable bonds is 1. The maximum Gasteiger partial charge on any atom is 0.270 e. The highest BCUT2D eigenvalue weighted by atomic mass is 32.1. The Balaban J connectivity index is 2.26. The molecule has 0 saturated carbocycles. The van der Waals surface area contributed by atoms with Crippen molar-refractivity contribution in [1.29, 1.82) is 5.26 Å². The standard InChI is InChI=1S/C18H18N4OS/c1-10-8-18(2,3)22(4)14-6-5-11(7-12(10)14)15-13(9-19)16(23)21-17(24)20-15/h5-8H,1-4H3,(H2,20,21,23,24). The first-order valence-electron chi connectivity index (χ1n) is 7.59. The molecular formula is C18H18N4OS. The van der Waals surface area contributed by atoms with Gasteiger partial charge in [0.25, 0.3) is 5.56 Å². The number of fused-ring (bicyclic) bond motifs is 1. The van der Waals surface area contributed by atoms with Crippen molar-refractivity contribution in [2.75, 3.05) is 11.9 Å². The predicted octanol–water partition coefficient (Wildman–Crippen LogP) is 3.60. The second-order valence-corrected chi connectivity index (χ2v) is 6.95. The lowest BCUT2D eigenvalue weighted by Gasteiger charge is -2.40. The number of benzene rings is 1. The minimum atomic E-state index is -0.473. The molecule has 2 N–H and O–H groups in total. The van der Waals surface area contributed by atoms with E-state index in [1.165, 1.54) is 0 Å². The fourth-order valence-corrected chi connectivity index (χ4v) is 3.32. The number of anilines is 1. The molecule has 5 nitrogen and oxygen atoms in total. The molecule has 1 aromatic heterocycles. The summed E-state index contributed by atoms with van der Waals surface area (Å²) < 4.78 is 0.206. The van der Waals surface area contributed by atoms with Gasteiger partial charge in [-0.1, -0.05) is 12.1 Å². The number of aromatic nitrogens is 2. The van der Waals surface area contributed by atoms with E-state index in [-0.39, 0.29) is 15.9 Å². The van der Waals surface area contributed by atoms with Gasteiger partial charge < -0.3 is 9.88 Å². The van der Waals surface area contributed by atoms with Crippen LogP contribution in [0.2, 0.25) is 0 Å². The maximum absolute atomic E-state index is 12.0. The van der Waals surface area contributed by atoms with Crippen LogP contribution < -0.4 is 10.5 Å². The molecule has 3 rings (SSSR count). The molecule has 0 amide bonds. The summed E-state index contributed by atoms with van der Waals surface area (Å²) in [4.78, 5) is 19.6. The largest absolute Gasteiger partial charge is 0.366 e. The number of nitrogens with one attached hydrogen (secondary N) is 2. The van der Waals surface area contributed by atoms with Gasteiger partial charge in [-0.3, -0.25) is 9.78 Å². The first-order chi connectivity index (χ1) is 11.2. The Hall–Kier alpha value is -2.65. The maximum atomic E-state index is 12.0. The highest BCUT2D eigenvalue weighted by Gasteiger charge is 2.28. The lowest BCUT2D eigenvalue weighted by Crippen LogP contribution is -2.42. The van der Waals surface area contributed by atoms with Crippen molar-refractivity contribution in [3.8, 4) is 17.3 Å². The quantitative estimate of drug-likeness (QED) is 0.779. The van der Waals surface area contributed by atoms with Gasteiger partial charge in [-0.05, 0) is 50.7 Å². The first kappa shape index (κ1) is 16.2. The Kier molecular flexibility index (Phi) is 3.69. The molecule has 0 aliphatic carbocycles. The fourth-order valence-electron chi connectivity index (χ4n) is 3.12. The zero-order chi connectivity index (χ0) is 17.6. The molecule has 122 valence electrons. The van der Waals surface area contributed by atoms with Gasteiger partial charge in [0.15, 0.2) is 4.77 Å². The van der Waals surface area contributed by atoms with Gasteiger partial charge in [0.2, 0.25) is 0 Å². The van der Waals surface area contributed by atoms with Crippen LogP contribution in [-0.4, -0.2) is 22.6 Å². The van der Waals surface area contributed by atoms with E-state index < -0.39 is 5.56 Å². The van der Waals surface area contributed by atoms with Crippen molar-refractivity contribution in [1.82, 2.24) is 9.97 Å². The number of nitriles is 1. The molecule has 0 spiro atoms. The van der Waals surface area contributed by atoms with E-state index in [4.69, 9.17) is 12.2 Å². The van der Waals surface area contributed by atoms with Crippen molar-refractivity contribution in [3.05, 3.63) is 50.5 Å². The summed E-state index contributed by atoms with van der Waals surface area (Å²) >= 11 is 5.05. The summed E-state index contributed by atoms with van der Waals surface area (Å²) in [5, 5.41) is 9.31. The van der Waals surface area contributed by atoms with Gasteiger partial charge in [0.05, 0.1) is 11.2 Å². The molecule has 2 heterocycles. The van der Waals surface area contributed by atoms with E-state index in [1.807, 2.05) is 24.3 Å². The number of H-pyrrole nitrogens is 2. The van der Waals surface area contributed by atoms with Crippen LogP contribution in [0.1, 0.15) is 31.9 Å². The molecule has 0 unspecified atom stereocenters. The summed E-state index contributed by atoms with van der Waals surface area (Å²) in [5.41, 5.74) is 4.08. The fraction of sp³-hybridized carbons (Fsp3) is 0.278. The second kappa shape index (κ2) is 5.46. The average Bonchev–Trinajstić information content (AvgIpc) is 2.51. The second-order valence-electron chi connectivity index (χ2n) is 6.54. The van der Waals surface area contributed by atoms with Crippen molar-refractivity contribution >= 4 is 23.5 Å². The van der Waals surface area contributed by atoms with Crippen LogP contribution in [0.5, 0.6) is 0 Å². The van der Waals surface area contributed by atoms with Crippen LogP contribution >= 0.6 is 12.2 Å². The Labute approximate surface area is 145 Å². The van der Waals surface area contributed by atoms with Crippen LogP contribution in [0.25, 0.3) is 16.8 Å². The van der Waals surface area contributed by atoms with E-state index in [0.717, 1.165) is 22.4 Å². The van der Waals surface area contributed by atoms with Crippen molar-refractivity contribution in [2.45, 2.75) is 26.3 Å². The predicted molar refractivity (Wildman–Crippen MR) is 98.5 cm³/mol. The van der Waals surface area contributed by atoms with E-state index >= 15 is 0 Å². The number of hydrogen-bond acceptors (Lipinski definition) is 4. The molecule has 24 heavy (non-hydrogen) atoms. The summed E-state index contributed by atoms with van der Waals surface area (Å²) in [7, 11) is 2.06. The summed E-state index contributed by atoms with van der Waals surface area (Å²) in [6.45, 7) is 6.40. The highest BCUT2D eigenvalue weighted by molar-refractivity contribution is 7.71. The monoisotopic (exact) mass is 338 g/mol. The molecule has 0 radical (unpaired) electrons. The Morgan fingerprint density at radius 2 is 2.00 bits per heavy atom. The van der Waals surface area contributed by atoms with Gasteiger partial charge in [0, 0.05) is 23.9 Å². The SMILES string of the molecule is CC1=CC(C)(C)N(C)c2ccc(-c3[nH]c(=S)[nH]c(=O)c3C#N)cc21. The van der Waals surface area contributed by atoms with Crippen LogP contribution in [0, 0.1) is 16.1 Å². The van der Waals surface area contributed by atoms with Crippen LogP contribution in [-0.2, 0) is 0 Å². The van der Waals surface area contributed by atoms with Gasteiger partial charge in [0.1, 0.15) is 11.6 Å². The van der Waals surface area contributed by atoms with Gasteiger partial charge in [-0.25, -0.2) is 0 Å². The summed E-state index contributed by atoms with van der Waals surface area (Å²) in [6.07, 6.45) is 2.21. The van der Waals surface area contributed by atoms with E-state index in [9.17, 15) is 10.1 Å². The lowest BCUT2D eigenvalue weighted by atomic mass is 9.88.